The molecular formula is C20H31NO4S. The third kappa shape index (κ3) is 5.47. The van der Waals surface area contributed by atoms with Crippen LogP contribution in [0.5, 0.6) is 5.75 Å². The Balaban J connectivity index is 2.01. The number of benzene rings is 1. The van der Waals surface area contributed by atoms with Gasteiger partial charge in [0.15, 0.2) is 9.84 Å². The molecule has 0 aromatic heterocycles. The van der Waals surface area contributed by atoms with E-state index in [1.165, 1.54) is 38.5 Å². The number of carbonyl (C=O) groups is 1. The van der Waals surface area contributed by atoms with Crippen LogP contribution in [0.4, 0.5) is 0 Å². The number of carbonyl (C=O) groups excluding carboxylic acids is 1. The molecule has 6 heteroatoms. The first-order chi connectivity index (χ1) is 12.3. The molecule has 1 aromatic carbocycles. The normalized spacial score (nSPS) is 17.8. The summed E-state index contributed by atoms with van der Waals surface area (Å²) in [6.07, 6.45) is 8.03. The summed E-state index contributed by atoms with van der Waals surface area (Å²) in [5, 5.41) is 0. The van der Waals surface area contributed by atoms with Gasteiger partial charge in [0.25, 0.3) is 0 Å². The first-order valence-electron chi connectivity index (χ1n) is 9.48. The third-order valence-corrected chi connectivity index (χ3v) is 7.21. The van der Waals surface area contributed by atoms with E-state index >= 15 is 0 Å². The van der Waals surface area contributed by atoms with Crippen LogP contribution in [0.25, 0.3) is 0 Å². The first kappa shape index (κ1) is 20.7. The molecule has 26 heavy (non-hydrogen) atoms. The van der Waals surface area contributed by atoms with Gasteiger partial charge in [-0.3, -0.25) is 4.79 Å². The minimum Gasteiger partial charge on any atom is -0.497 e. The highest BCUT2D eigenvalue weighted by molar-refractivity contribution is 7.91. The molecular weight excluding hydrogens is 350 g/mol. The first-order valence-corrected chi connectivity index (χ1v) is 11.1. The van der Waals surface area contributed by atoms with Gasteiger partial charge in [-0.1, -0.05) is 39.0 Å². The Morgan fingerprint density at radius 1 is 1.12 bits per heavy atom. The summed E-state index contributed by atoms with van der Waals surface area (Å²) < 4.78 is 30.3. The highest BCUT2D eigenvalue weighted by Gasteiger charge is 2.28. The van der Waals surface area contributed by atoms with Crippen molar-refractivity contribution in [3.63, 3.8) is 0 Å². The predicted molar refractivity (Wildman–Crippen MR) is 103 cm³/mol. The van der Waals surface area contributed by atoms with Gasteiger partial charge in [0, 0.05) is 19.0 Å². The van der Waals surface area contributed by atoms with Crippen molar-refractivity contribution in [3.8, 4) is 5.75 Å². The van der Waals surface area contributed by atoms with Crippen molar-refractivity contribution in [1.29, 1.82) is 0 Å². The van der Waals surface area contributed by atoms with E-state index in [9.17, 15) is 13.2 Å². The molecule has 0 bridgehead atoms. The second kappa shape index (κ2) is 9.40. The summed E-state index contributed by atoms with van der Waals surface area (Å²) in [7, 11) is -0.148. The van der Waals surface area contributed by atoms with E-state index in [1.54, 1.807) is 24.0 Å². The molecule has 1 amide bonds. The van der Waals surface area contributed by atoms with Gasteiger partial charge in [0.2, 0.25) is 5.91 Å². The average molecular weight is 382 g/mol. The van der Waals surface area contributed by atoms with E-state index in [0.717, 1.165) is 25.7 Å². The van der Waals surface area contributed by atoms with Crippen LogP contribution in [0.3, 0.4) is 0 Å². The van der Waals surface area contributed by atoms with Gasteiger partial charge in [-0.05, 0) is 37.1 Å². The molecule has 146 valence electrons. The summed E-state index contributed by atoms with van der Waals surface area (Å²) >= 11 is 0. The number of ether oxygens (including phenoxy) is 1. The zero-order valence-electron chi connectivity index (χ0n) is 16.1. The molecule has 1 aliphatic rings. The second-order valence-electron chi connectivity index (χ2n) is 7.31. The third-order valence-electron chi connectivity index (χ3n) is 5.28. The zero-order valence-corrected chi connectivity index (χ0v) is 16.9. The second-order valence-corrected chi connectivity index (χ2v) is 9.34. The van der Waals surface area contributed by atoms with E-state index in [4.69, 9.17) is 4.74 Å². The minimum atomic E-state index is -3.51. The van der Waals surface area contributed by atoms with Crippen LogP contribution in [0.1, 0.15) is 51.9 Å². The monoisotopic (exact) mass is 381 g/mol. The molecule has 0 heterocycles. The maximum Gasteiger partial charge on any atom is 0.226 e. The summed E-state index contributed by atoms with van der Waals surface area (Å²) in [5.41, 5.74) is 0. The lowest BCUT2D eigenvalue weighted by Gasteiger charge is -2.31. The number of sulfone groups is 1. The Labute approximate surface area is 157 Å². The standard InChI is InChI=1S/C20H31NO4S/c1-16(15-26(23,24)19-13-11-18(25-3)12-14-19)20(22)21(2)17-9-7-5-4-6-8-10-17/h11-14,16-17H,4-10,15H2,1-3H3. The highest BCUT2D eigenvalue weighted by Crippen LogP contribution is 2.23. The summed E-state index contributed by atoms with van der Waals surface area (Å²) in [6, 6.07) is 6.54. The van der Waals surface area contributed by atoms with E-state index in [0.29, 0.717) is 5.75 Å². The molecule has 1 unspecified atom stereocenters. The van der Waals surface area contributed by atoms with Gasteiger partial charge in [-0.15, -0.1) is 0 Å². The van der Waals surface area contributed by atoms with Gasteiger partial charge in [0.05, 0.1) is 17.8 Å². The topological polar surface area (TPSA) is 63.7 Å². The molecule has 2 rings (SSSR count). The Hall–Kier alpha value is -1.56. The number of hydrogen-bond acceptors (Lipinski definition) is 4. The van der Waals surface area contributed by atoms with Crippen LogP contribution in [-0.2, 0) is 14.6 Å². The van der Waals surface area contributed by atoms with Gasteiger partial charge in [-0.25, -0.2) is 8.42 Å². The van der Waals surface area contributed by atoms with Crippen LogP contribution < -0.4 is 4.74 Å². The van der Waals surface area contributed by atoms with Crippen molar-refractivity contribution in [2.45, 2.75) is 62.8 Å². The average Bonchev–Trinajstić information content (AvgIpc) is 2.60. The van der Waals surface area contributed by atoms with Crippen molar-refractivity contribution < 1.29 is 17.9 Å². The number of hydrogen-bond donors (Lipinski definition) is 0. The predicted octanol–water partition coefficient (Wildman–Crippen LogP) is 3.68. The van der Waals surface area contributed by atoms with Gasteiger partial charge in [-0.2, -0.15) is 0 Å². The van der Waals surface area contributed by atoms with Crippen molar-refractivity contribution in [2.24, 2.45) is 5.92 Å². The van der Waals surface area contributed by atoms with Crippen LogP contribution in [0.2, 0.25) is 0 Å². The van der Waals surface area contributed by atoms with Crippen molar-refractivity contribution >= 4 is 15.7 Å². The van der Waals surface area contributed by atoms with Crippen LogP contribution in [0, 0.1) is 5.92 Å². The lowest BCUT2D eigenvalue weighted by Crippen LogP contribution is -2.42. The molecule has 0 N–H and O–H groups in total. The highest BCUT2D eigenvalue weighted by atomic mass is 32.2. The smallest absolute Gasteiger partial charge is 0.226 e. The molecule has 0 saturated heterocycles. The number of amides is 1. The SMILES string of the molecule is COc1ccc(S(=O)(=O)CC(C)C(=O)N(C)C2CCCCCCC2)cc1. The molecule has 1 saturated carbocycles. The molecule has 1 aliphatic carbocycles. The maximum absolute atomic E-state index is 12.8. The molecule has 1 fully saturated rings. The Bertz CT molecular complexity index is 676. The van der Waals surface area contributed by atoms with Crippen LogP contribution >= 0.6 is 0 Å². The van der Waals surface area contributed by atoms with Gasteiger partial charge in [0.1, 0.15) is 5.75 Å². The fraction of sp³-hybridized carbons (Fsp3) is 0.650. The van der Waals surface area contributed by atoms with Gasteiger partial charge >= 0.3 is 0 Å². The van der Waals surface area contributed by atoms with Gasteiger partial charge < -0.3 is 9.64 Å². The quantitative estimate of drug-likeness (QED) is 0.754. The summed E-state index contributed by atoms with van der Waals surface area (Å²) in [5.74, 6) is -0.197. The number of rotatable bonds is 6. The zero-order chi connectivity index (χ0) is 19.2. The van der Waals surface area contributed by atoms with Crippen LogP contribution in [0.15, 0.2) is 29.2 Å². The molecule has 0 spiro atoms. The van der Waals surface area contributed by atoms with Crippen molar-refractivity contribution in [3.05, 3.63) is 24.3 Å². The van der Waals surface area contributed by atoms with Crippen molar-refractivity contribution in [1.82, 2.24) is 4.90 Å². The fourth-order valence-electron chi connectivity index (χ4n) is 3.63. The Morgan fingerprint density at radius 2 is 1.65 bits per heavy atom. The molecule has 0 radical (unpaired) electrons. The fourth-order valence-corrected chi connectivity index (χ4v) is 5.17. The minimum absolute atomic E-state index is 0.0762. The number of methoxy groups -OCH3 is 1. The van der Waals surface area contributed by atoms with Crippen LogP contribution in [-0.4, -0.2) is 45.2 Å². The lowest BCUT2D eigenvalue weighted by atomic mass is 9.95. The Morgan fingerprint density at radius 3 is 2.19 bits per heavy atom. The van der Waals surface area contributed by atoms with E-state index in [-0.39, 0.29) is 22.6 Å². The lowest BCUT2D eigenvalue weighted by molar-refractivity contribution is -0.135. The number of nitrogens with zero attached hydrogens (tertiary/aromatic N) is 1. The Kier molecular flexibility index (Phi) is 7.50. The molecule has 1 atom stereocenters. The summed E-state index contributed by atoms with van der Waals surface area (Å²) in [6.45, 7) is 1.71. The van der Waals surface area contributed by atoms with Crippen molar-refractivity contribution in [2.75, 3.05) is 19.9 Å². The molecule has 1 aromatic rings. The van der Waals surface area contributed by atoms with E-state index in [1.807, 2.05) is 7.05 Å². The summed E-state index contributed by atoms with van der Waals surface area (Å²) in [4.78, 5) is 14.8. The maximum atomic E-state index is 12.8. The molecule has 0 aliphatic heterocycles. The largest absolute Gasteiger partial charge is 0.497 e. The van der Waals surface area contributed by atoms with E-state index in [2.05, 4.69) is 0 Å². The molecule has 5 nitrogen and oxygen atoms in total. The van der Waals surface area contributed by atoms with E-state index < -0.39 is 15.8 Å².